The lowest BCUT2D eigenvalue weighted by atomic mass is 9.95. The third kappa shape index (κ3) is 3.55. The number of hydrogen-bond acceptors (Lipinski definition) is 2. The maximum absolute atomic E-state index is 10.4. The molecule has 0 saturated heterocycles. The van der Waals surface area contributed by atoms with Gasteiger partial charge in [-0.15, -0.1) is 0 Å². The number of benzene rings is 2. The zero-order valence-electron chi connectivity index (χ0n) is 12.2. The molecule has 0 bridgehead atoms. The summed E-state index contributed by atoms with van der Waals surface area (Å²) in [6.07, 6.45) is 0. The van der Waals surface area contributed by atoms with Crippen molar-refractivity contribution in [3.05, 3.63) is 71.8 Å². The lowest BCUT2D eigenvalue weighted by Crippen LogP contribution is -2.32. The third-order valence-corrected chi connectivity index (χ3v) is 3.23. The normalized spacial score (nSPS) is 14.1. The summed E-state index contributed by atoms with van der Waals surface area (Å²) < 4.78 is 0. The van der Waals surface area contributed by atoms with Gasteiger partial charge in [-0.05, 0) is 31.9 Å². The predicted molar refractivity (Wildman–Crippen MR) is 84.1 cm³/mol. The Hall–Kier alpha value is -1.93. The number of aliphatic hydroxyl groups is 1. The SMILES string of the molecule is C[C@H](N=C(c1ccccc1)C(C)(C)O)c1ccccc1. The van der Waals surface area contributed by atoms with Gasteiger partial charge < -0.3 is 5.11 Å². The van der Waals surface area contributed by atoms with Crippen LogP contribution in [0.2, 0.25) is 0 Å². The van der Waals surface area contributed by atoms with Gasteiger partial charge in [-0.1, -0.05) is 60.7 Å². The molecular formula is C18H21NO. The molecule has 2 aromatic rings. The fourth-order valence-corrected chi connectivity index (χ4v) is 2.18. The molecule has 0 aromatic heterocycles. The first-order valence-corrected chi connectivity index (χ1v) is 6.89. The summed E-state index contributed by atoms with van der Waals surface area (Å²) in [7, 11) is 0. The highest BCUT2D eigenvalue weighted by atomic mass is 16.3. The van der Waals surface area contributed by atoms with Crippen LogP contribution in [0.3, 0.4) is 0 Å². The molecule has 1 atom stereocenters. The van der Waals surface area contributed by atoms with Gasteiger partial charge in [0.1, 0.15) is 5.60 Å². The van der Waals surface area contributed by atoms with Gasteiger partial charge in [0.05, 0.1) is 11.8 Å². The van der Waals surface area contributed by atoms with Gasteiger partial charge in [0.25, 0.3) is 0 Å². The summed E-state index contributed by atoms with van der Waals surface area (Å²) in [5.74, 6) is 0. The number of nitrogens with zero attached hydrogens (tertiary/aromatic N) is 1. The Morgan fingerprint density at radius 1 is 0.950 bits per heavy atom. The molecular weight excluding hydrogens is 246 g/mol. The smallest absolute Gasteiger partial charge is 0.101 e. The van der Waals surface area contributed by atoms with Crippen LogP contribution in [-0.2, 0) is 0 Å². The van der Waals surface area contributed by atoms with Crippen molar-refractivity contribution in [3.8, 4) is 0 Å². The zero-order chi connectivity index (χ0) is 14.6. The van der Waals surface area contributed by atoms with Crippen molar-refractivity contribution < 1.29 is 5.11 Å². The third-order valence-electron chi connectivity index (χ3n) is 3.23. The van der Waals surface area contributed by atoms with Crippen molar-refractivity contribution in [2.75, 3.05) is 0 Å². The number of aliphatic imine (C=N–C) groups is 1. The molecule has 0 spiro atoms. The Kier molecular flexibility index (Phi) is 4.35. The van der Waals surface area contributed by atoms with Crippen LogP contribution in [-0.4, -0.2) is 16.4 Å². The molecule has 0 aliphatic carbocycles. The van der Waals surface area contributed by atoms with Gasteiger partial charge in [-0.3, -0.25) is 4.99 Å². The first-order valence-electron chi connectivity index (χ1n) is 6.89. The van der Waals surface area contributed by atoms with E-state index in [9.17, 15) is 5.11 Å². The van der Waals surface area contributed by atoms with Crippen molar-refractivity contribution in [2.45, 2.75) is 32.4 Å². The van der Waals surface area contributed by atoms with E-state index in [-0.39, 0.29) is 6.04 Å². The fraction of sp³-hybridized carbons (Fsp3) is 0.278. The molecule has 1 N–H and O–H groups in total. The van der Waals surface area contributed by atoms with Crippen LogP contribution >= 0.6 is 0 Å². The first kappa shape index (κ1) is 14.5. The summed E-state index contributed by atoms with van der Waals surface area (Å²) in [5.41, 5.74) is 1.85. The van der Waals surface area contributed by atoms with E-state index in [1.807, 2.05) is 55.5 Å². The Morgan fingerprint density at radius 3 is 1.95 bits per heavy atom. The lowest BCUT2D eigenvalue weighted by Gasteiger charge is -2.22. The number of hydrogen-bond donors (Lipinski definition) is 1. The second kappa shape index (κ2) is 6.02. The standard InChI is InChI=1S/C18H21NO/c1-14(15-10-6-4-7-11-15)19-17(18(2,3)20)16-12-8-5-9-13-16/h4-14,20H,1-3H3/t14-/m0/s1. The molecule has 0 heterocycles. The van der Waals surface area contributed by atoms with Crippen LogP contribution in [0.15, 0.2) is 65.7 Å². The highest BCUT2D eigenvalue weighted by Crippen LogP contribution is 2.21. The Balaban J connectivity index is 2.40. The first-order chi connectivity index (χ1) is 9.48. The average Bonchev–Trinajstić information content (AvgIpc) is 2.45. The van der Waals surface area contributed by atoms with E-state index in [0.29, 0.717) is 0 Å². The van der Waals surface area contributed by atoms with Crippen LogP contribution < -0.4 is 0 Å². The minimum atomic E-state index is -0.968. The lowest BCUT2D eigenvalue weighted by molar-refractivity contribution is 0.154. The van der Waals surface area contributed by atoms with Crippen LogP contribution in [0.25, 0.3) is 0 Å². The minimum Gasteiger partial charge on any atom is -0.384 e. The molecule has 0 saturated carbocycles. The molecule has 0 radical (unpaired) electrons. The molecule has 2 nitrogen and oxygen atoms in total. The van der Waals surface area contributed by atoms with Gasteiger partial charge >= 0.3 is 0 Å². The van der Waals surface area contributed by atoms with E-state index < -0.39 is 5.60 Å². The molecule has 2 heteroatoms. The van der Waals surface area contributed by atoms with Crippen LogP contribution in [0.1, 0.15) is 37.9 Å². The van der Waals surface area contributed by atoms with Crippen molar-refractivity contribution >= 4 is 5.71 Å². The topological polar surface area (TPSA) is 32.6 Å². The van der Waals surface area contributed by atoms with E-state index >= 15 is 0 Å². The van der Waals surface area contributed by atoms with E-state index in [4.69, 9.17) is 4.99 Å². The molecule has 0 fully saturated rings. The molecule has 0 unspecified atom stereocenters. The largest absolute Gasteiger partial charge is 0.384 e. The summed E-state index contributed by atoms with van der Waals surface area (Å²) in [5, 5.41) is 10.4. The summed E-state index contributed by atoms with van der Waals surface area (Å²) in [6, 6.07) is 20.0. The Bertz CT molecular complexity index is 567. The van der Waals surface area contributed by atoms with Gasteiger partial charge in [-0.25, -0.2) is 0 Å². The molecule has 20 heavy (non-hydrogen) atoms. The Morgan fingerprint density at radius 2 is 1.45 bits per heavy atom. The highest BCUT2D eigenvalue weighted by molar-refractivity contribution is 6.06. The zero-order valence-corrected chi connectivity index (χ0v) is 12.2. The van der Waals surface area contributed by atoms with Crippen molar-refractivity contribution in [3.63, 3.8) is 0 Å². The fourth-order valence-electron chi connectivity index (χ4n) is 2.18. The monoisotopic (exact) mass is 267 g/mol. The van der Waals surface area contributed by atoms with Gasteiger partial charge in [0.15, 0.2) is 0 Å². The maximum atomic E-state index is 10.4. The molecule has 2 rings (SSSR count). The van der Waals surface area contributed by atoms with Gasteiger partial charge in [0, 0.05) is 0 Å². The predicted octanol–water partition coefficient (Wildman–Crippen LogP) is 4.01. The maximum Gasteiger partial charge on any atom is 0.101 e. The second-order valence-electron chi connectivity index (χ2n) is 5.49. The van der Waals surface area contributed by atoms with Crippen molar-refractivity contribution in [1.29, 1.82) is 0 Å². The summed E-state index contributed by atoms with van der Waals surface area (Å²) in [4.78, 5) is 4.75. The molecule has 0 aliphatic rings. The van der Waals surface area contributed by atoms with Crippen LogP contribution in [0.5, 0.6) is 0 Å². The van der Waals surface area contributed by atoms with E-state index in [1.165, 1.54) is 0 Å². The van der Waals surface area contributed by atoms with Gasteiger partial charge in [-0.2, -0.15) is 0 Å². The van der Waals surface area contributed by atoms with E-state index in [1.54, 1.807) is 13.8 Å². The van der Waals surface area contributed by atoms with Crippen molar-refractivity contribution in [2.24, 2.45) is 4.99 Å². The van der Waals surface area contributed by atoms with Crippen molar-refractivity contribution in [1.82, 2.24) is 0 Å². The summed E-state index contributed by atoms with van der Waals surface area (Å²) in [6.45, 7) is 5.59. The van der Waals surface area contributed by atoms with Gasteiger partial charge in [0.2, 0.25) is 0 Å². The van der Waals surface area contributed by atoms with E-state index in [0.717, 1.165) is 16.8 Å². The summed E-state index contributed by atoms with van der Waals surface area (Å²) >= 11 is 0. The Labute approximate surface area is 120 Å². The average molecular weight is 267 g/mol. The second-order valence-corrected chi connectivity index (χ2v) is 5.49. The molecule has 2 aromatic carbocycles. The molecule has 0 aliphatic heterocycles. The molecule has 0 amide bonds. The van der Waals surface area contributed by atoms with Crippen LogP contribution in [0.4, 0.5) is 0 Å². The minimum absolute atomic E-state index is 0.0119. The van der Waals surface area contributed by atoms with E-state index in [2.05, 4.69) is 12.1 Å². The van der Waals surface area contributed by atoms with Crippen LogP contribution in [0, 0.1) is 0 Å². The quantitative estimate of drug-likeness (QED) is 0.834. The molecule has 104 valence electrons. The highest BCUT2D eigenvalue weighted by Gasteiger charge is 2.23. The number of rotatable bonds is 4.